The fourth-order valence-electron chi connectivity index (χ4n) is 1.36. The minimum absolute atomic E-state index is 0.0352. The first kappa shape index (κ1) is 11.0. The molecule has 0 aliphatic heterocycles. The van der Waals surface area contributed by atoms with Crippen LogP contribution in [0.25, 0.3) is 0 Å². The molecule has 0 bridgehead atoms. The topological polar surface area (TPSA) is 32.9 Å². The van der Waals surface area contributed by atoms with Crippen LogP contribution in [0.5, 0.6) is 0 Å². The van der Waals surface area contributed by atoms with E-state index in [0.717, 1.165) is 5.56 Å². The van der Waals surface area contributed by atoms with Gasteiger partial charge in [0, 0.05) is 11.8 Å². The summed E-state index contributed by atoms with van der Waals surface area (Å²) in [7, 11) is 0. The second-order valence-corrected chi connectivity index (χ2v) is 5.08. The fourth-order valence-corrected chi connectivity index (χ4v) is 1.36. The Morgan fingerprint density at radius 1 is 1.29 bits per heavy atom. The van der Waals surface area contributed by atoms with Crippen LogP contribution in [0, 0.1) is 0 Å². The van der Waals surface area contributed by atoms with Crippen molar-refractivity contribution in [2.45, 2.75) is 46.0 Å². The molecule has 0 radical (unpaired) electrons. The number of rotatable bonds is 1. The Labute approximate surface area is 85.4 Å². The van der Waals surface area contributed by atoms with Crippen LogP contribution >= 0.6 is 0 Å². The maximum absolute atomic E-state index is 11.5. The standard InChI is InChI=1S/C12H19NO/c1-8(2)10-6-9(12(3,4)5)7-13-11(10)14/h6-8H,1-5H3,(H,13,14). The lowest BCUT2D eigenvalue weighted by Gasteiger charge is -2.19. The molecule has 2 heteroatoms. The average Bonchev–Trinajstić information content (AvgIpc) is 2.02. The molecule has 0 saturated carbocycles. The van der Waals surface area contributed by atoms with Crippen LogP contribution in [0.3, 0.4) is 0 Å². The first-order valence-corrected chi connectivity index (χ1v) is 5.05. The second-order valence-electron chi connectivity index (χ2n) is 5.08. The van der Waals surface area contributed by atoms with Gasteiger partial charge in [0.15, 0.2) is 0 Å². The molecule has 0 atom stereocenters. The van der Waals surface area contributed by atoms with Crippen molar-refractivity contribution in [2.75, 3.05) is 0 Å². The van der Waals surface area contributed by atoms with Crippen LogP contribution in [0.15, 0.2) is 17.1 Å². The van der Waals surface area contributed by atoms with E-state index in [1.165, 1.54) is 5.56 Å². The van der Waals surface area contributed by atoms with E-state index in [-0.39, 0.29) is 16.9 Å². The van der Waals surface area contributed by atoms with E-state index < -0.39 is 0 Å². The molecular weight excluding hydrogens is 174 g/mol. The SMILES string of the molecule is CC(C)c1cc(C(C)(C)C)c[nH]c1=O. The molecule has 1 aromatic rings. The van der Waals surface area contributed by atoms with E-state index in [4.69, 9.17) is 0 Å². The van der Waals surface area contributed by atoms with Crippen molar-refractivity contribution in [3.8, 4) is 0 Å². The van der Waals surface area contributed by atoms with Gasteiger partial charge in [-0.05, 0) is 23.0 Å². The Bertz CT molecular complexity index is 369. The lowest BCUT2D eigenvalue weighted by molar-refractivity contribution is 0.584. The van der Waals surface area contributed by atoms with Gasteiger partial charge < -0.3 is 4.98 Å². The van der Waals surface area contributed by atoms with Gasteiger partial charge in [-0.15, -0.1) is 0 Å². The number of pyridine rings is 1. The quantitative estimate of drug-likeness (QED) is 0.731. The molecule has 2 nitrogen and oxygen atoms in total. The smallest absolute Gasteiger partial charge is 0.251 e. The molecule has 1 rings (SSSR count). The van der Waals surface area contributed by atoms with Gasteiger partial charge in [0.25, 0.3) is 5.56 Å². The molecule has 0 unspecified atom stereocenters. The molecule has 1 aromatic heterocycles. The highest BCUT2D eigenvalue weighted by Crippen LogP contribution is 2.22. The number of H-pyrrole nitrogens is 1. The van der Waals surface area contributed by atoms with Crippen LogP contribution in [0.1, 0.15) is 51.7 Å². The summed E-state index contributed by atoms with van der Waals surface area (Å²) in [5, 5.41) is 0. The summed E-state index contributed by atoms with van der Waals surface area (Å²) in [6.07, 6.45) is 1.81. The molecule has 78 valence electrons. The van der Waals surface area contributed by atoms with Crippen molar-refractivity contribution in [1.29, 1.82) is 0 Å². The highest BCUT2D eigenvalue weighted by atomic mass is 16.1. The first-order chi connectivity index (χ1) is 6.32. The van der Waals surface area contributed by atoms with E-state index in [1.54, 1.807) is 0 Å². The highest BCUT2D eigenvalue weighted by Gasteiger charge is 2.16. The van der Waals surface area contributed by atoms with Gasteiger partial charge in [-0.25, -0.2) is 0 Å². The van der Waals surface area contributed by atoms with Gasteiger partial charge in [-0.2, -0.15) is 0 Å². The maximum Gasteiger partial charge on any atom is 0.251 e. The number of aromatic nitrogens is 1. The molecule has 0 spiro atoms. The Hall–Kier alpha value is -1.05. The summed E-state index contributed by atoms with van der Waals surface area (Å²) < 4.78 is 0. The predicted octanol–water partition coefficient (Wildman–Crippen LogP) is 2.80. The maximum atomic E-state index is 11.5. The first-order valence-electron chi connectivity index (χ1n) is 5.05. The van der Waals surface area contributed by atoms with E-state index in [1.807, 2.05) is 26.1 Å². The summed E-state index contributed by atoms with van der Waals surface area (Å²) in [5.41, 5.74) is 2.18. The Balaban J connectivity index is 3.27. The zero-order valence-corrected chi connectivity index (χ0v) is 9.64. The zero-order valence-electron chi connectivity index (χ0n) is 9.64. The zero-order chi connectivity index (χ0) is 10.9. The molecule has 0 saturated heterocycles. The van der Waals surface area contributed by atoms with Crippen LogP contribution in [0.4, 0.5) is 0 Å². The minimum atomic E-state index is 0.0352. The number of aromatic amines is 1. The normalized spacial score (nSPS) is 12.1. The van der Waals surface area contributed by atoms with E-state index in [0.29, 0.717) is 0 Å². The Morgan fingerprint density at radius 3 is 2.29 bits per heavy atom. The highest BCUT2D eigenvalue weighted by molar-refractivity contribution is 5.26. The molecule has 0 fully saturated rings. The van der Waals surface area contributed by atoms with Gasteiger partial charge in [0.2, 0.25) is 0 Å². The van der Waals surface area contributed by atoms with Gasteiger partial charge in [0.05, 0.1) is 0 Å². The lowest BCUT2D eigenvalue weighted by atomic mass is 9.86. The van der Waals surface area contributed by atoms with Crippen molar-refractivity contribution in [3.05, 3.63) is 33.7 Å². The largest absolute Gasteiger partial charge is 0.329 e. The fraction of sp³-hybridized carbons (Fsp3) is 0.583. The minimum Gasteiger partial charge on any atom is -0.329 e. The lowest BCUT2D eigenvalue weighted by Crippen LogP contribution is -2.19. The molecule has 0 aromatic carbocycles. The van der Waals surface area contributed by atoms with Crippen LogP contribution in [-0.4, -0.2) is 4.98 Å². The second kappa shape index (κ2) is 3.60. The summed E-state index contributed by atoms with van der Waals surface area (Å²) in [5.74, 6) is 0.279. The summed E-state index contributed by atoms with van der Waals surface area (Å²) in [4.78, 5) is 14.3. The Kier molecular flexibility index (Phi) is 2.84. The molecule has 0 aliphatic carbocycles. The van der Waals surface area contributed by atoms with Crippen LogP contribution in [0.2, 0.25) is 0 Å². The van der Waals surface area contributed by atoms with Gasteiger partial charge in [-0.3, -0.25) is 4.79 Å². The van der Waals surface area contributed by atoms with Crippen LogP contribution < -0.4 is 5.56 Å². The van der Waals surface area contributed by atoms with Crippen LogP contribution in [-0.2, 0) is 5.41 Å². The van der Waals surface area contributed by atoms with Gasteiger partial charge >= 0.3 is 0 Å². The molecule has 14 heavy (non-hydrogen) atoms. The summed E-state index contributed by atoms with van der Waals surface area (Å²) in [6, 6.07) is 2.02. The summed E-state index contributed by atoms with van der Waals surface area (Å²) >= 11 is 0. The number of nitrogens with one attached hydrogen (secondary N) is 1. The molecule has 1 N–H and O–H groups in total. The third-order valence-electron chi connectivity index (χ3n) is 2.42. The number of hydrogen-bond donors (Lipinski definition) is 1. The Morgan fingerprint density at radius 2 is 1.86 bits per heavy atom. The van der Waals surface area contributed by atoms with E-state index in [9.17, 15) is 4.79 Å². The predicted molar refractivity (Wildman–Crippen MR) is 59.9 cm³/mol. The third kappa shape index (κ3) is 2.25. The van der Waals surface area contributed by atoms with Crippen molar-refractivity contribution < 1.29 is 0 Å². The van der Waals surface area contributed by atoms with Crippen molar-refractivity contribution in [2.24, 2.45) is 0 Å². The number of hydrogen-bond acceptors (Lipinski definition) is 1. The van der Waals surface area contributed by atoms with Crippen molar-refractivity contribution in [1.82, 2.24) is 4.98 Å². The summed E-state index contributed by atoms with van der Waals surface area (Å²) in [6.45, 7) is 10.5. The van der Waals surface area contributed by atoms with Crippen molar-refractivity contribution in [3.63, 3.8) is 0 Å². The third-order valence-corrected chi connectivity index (χ3v) is 2.42. The van der Waals surface area contributed by atoms with E-state index in [2.05, 4.69) is 25.8 Å². The van der Waals surface area contributed by atoms with E-state index >= 15 is 0 Å². The molecule has 0 aliphatic rings. The van der Waals surface area contributed by atoms with Gasteiger partial charge in [0.1, 0.15) is 0 Å². The van der Waals surface area contributed by atoms with Gasteiger partial charge in [-0.1, -0.05) is 34.6 Å². The molecular formula is C12H19NO. The van der Waals surface area contributed by atoms with Crippen molar-refractivity contribution >= 4 is 0 Å². The molecule has 0 amide bonds. The monoisotopic (exact) mass is 193 g/mol. The molecule has 1 heterocycles. The average molecular weight is 193 g/mol.